The number of nitrogens with zero attached hydrogens (tertiary/aromatic N) is 4. The minimum atomic E-state index is -0.176. The van der Waals surface area contributed by atoms with E-state index in [2.05, 4.69) is 14.6 Å². The first-order valence-corrected chi connectivity index (χ1v) is 7.14. The Morgan fingerprint density at radius 3 is 2.75 bits per heavy atom. The van der Waals surface area contributed by atoms with Gasteiger partial charge in [-0.1, -0.05) is 11.6 Å². The number of imidazole rings is 1. The molecule has 0 bridgehead atoms. The summed E-state index contributed by atoms with van der Waals surface area (Å²) in [6, 6.07) is 7.65. The van der Waals surface area contributed by atoms with Gasteiger partial charge in [-0.2, -0.15) is 5.10 Å². The van der Waals surface area contributed by atoms with Crippen LogP contribution in [0.15, 0.2) is 30.5 Å². The highest BCUT2D eigenvalue weighted by Crippen LogP contribution is 2.27. The molecule has 0 spiro atoms. The summed E-state index contributed by atoms with van der Waals surface area (Å²) in [6.45, 7) is 2.55. The second-order valence-corrected chi connectivity index (χ2v) is 5.88. The normalized spacial score (nSPS) is 13.0. The zero-order valence-corrected chi connectivity index (χ0v) is 12.7. The number of benzene rings is 1. The van der Waals surface area contributed by atoms with Gasteiger partial charge in [-0.3, -0.25) is 4.68 Å². The Morgan fingerprint density at radius 1 is 1.30 bits per heavy atom. The van der Waals surface area contributed by atoms with E-state index in [1.165, 1.54) is 0 Å². The standard InChI is InChI=1S/C14H14Cl2N4/c1-9(15)14-17-12-4-3-10(16)7-13(12)20(14)8-11-5-6-19(2)18-11/h3-7,9H,8H2,1-2H3. The molecule has 0 N–H and O–H groups in total. The molecule has 0 aliphatic heterocycles. The van der Waals surface area contributed by atoms with Gasteiger partial charge in [-0.25, -0.2) is 4.98 Å². The molecule has 20 heavy (non-hydrogen) atoms. The van der Waals surface area contributed by atoms with Gasteiger partial charge < -0.3 is 4.57 Å². The zero-order valence-electron chi connectivity index (χ0n) is 11.2. The van der Waals surface area contributed by atoms with E-state index in [0.29, 0.717) is 11.6 Å². The fraction of sp³-hybridized carbons (Fsp3) is 0.286. The lowest BCUT2D eigenvalue weighted by Crippen LogP contribution is -2.06. The summed E-state index contributed by atoms with van der Waals surface area (Å²) < 4.78 is 3.85. The summed E-state index contributed by atoms with van der Waals surface area (Å²) in [5.74, 6) is 0.828. The predicted octanol–water partition coefficient (Wildman–Crippen LogP) is 3.77. The van der Waals surface area contributed by atoms with Crippen LogP contribution in [0.4, 0.5) is 0 Å². The van der Waals surface area contributed by atoms with Gasteiger partial charge in [-0.05, 0) is 31.2 Å². The number of rotatable bonds is 3. The molecule has 0 saturated heterocycles. The van der Waals surface area contributed by atoms with E-state index in [1.807, 2.05) is 44.4 Å². The van der Waals surface area contributed by atoms with Crippen LogP contribution in [-0.4, -0.2) is 19.3 Å². The molecule has 6 heteroatoms. The second kappa shape index (κ2) is 5.11. The van der Waals surface area contributed by atoms with E-state index in [-0.39, 0.29) is 5.38 Å². The monoisotopic (exact) mass is 308 g/mol. The summed E-state index contributed by atoms with van der Waals surface area (Å²) in [5, 5.41) is 4.92. The van der Waals surface area contributed by atoms with E-state index in [4.69, 9.17) is 23.2 Å². The maximum Gasteiger partial charge on any atom is 0.128 e. The summed E-state index contributed by atoms with van der Waals surface area (Å²) in [6.07, 6.45) is 1.92. The molecule has 0 saturated carbocycles. The third-order valence-corrected chi connectivity index (χ3v) is 3.61. The summed E-state index contributed by atoms with van der Waals surface area (Å²) in [7, 11) is 1.90. The van der Waals surface area contributed by atoms with Crippen LogP contribution < -0.4 is 0 Å². The largest absolute Gasteiger partial charge is 0.321 e. The van der Waals surface area contributed by atoms with Gasteiger partial charge in [0.25, 0.3) is 0 Å². The van der Waals surface area contributed by atoms with Crippen LogP contribution >= 0.6 is 23.2 Å². The molecule has 2 aromatic heterocycles. The van der Waals surface area contributed by atoms with E-state index >= 15 is 0 Å². The molecule has 1 atom stereocenters. The fourth-order valence-corrected chi connectivity index (χ4v) is 2.63. The number of hydrogen-bond donors (Lipinski definition) is 0. The van der Waals surface area contributed by atoms with Crippen molar-refractivity contribution in [2.75, 3.05) is 0 Å². The maximum absolute atomic E-state index is 6.25. The van der Waals surface area contributed by atoms with Crippen molar-refractivity contribution in [2.45, 2.75) is 18.8 Å². The molecule has 0 aliphatic carbocycles. The van der Waals surface area contributed by atoms with Crippen molar-refractivity contribution in [3.63, 3.8) is 0 Å². The Kier molecular flexibility index (Phi) is 3.44. The molecule has 3 aromatic rings. The lowest BCUT2D eigenvalue weighted by molar-refractivity contribution is 0.689. The van der Waals surface area contributed by atoms with Crippen molar-refractivity contribution < 1.29 is 0 Å². The van der Waals surface area contributed by atoms with Crippen molar-refractivity contribution in [2.24, 2.45) is 7.05 Å². The van der Waals surface area contributed by atoms with Gasteiger partial charge in [0.1, 0.15) is 5.82 Å². The molecule has 1 unspecified atom stereocenters. The first kappa shape index (κ1) is 13.5. The van der Waals surface area contributed by atoms with E-state index in [9.17, 15) is 0 Å². The first-order chi connectivity index (χ1) is 9.54. The van der Waals surface area contributed by atoms with Gasteiger partial charge >= 0.3 is 0 Å². The van der Waals surface area contributed by atoms with E-state index in [0.717, 1.165) is 22.6 Å². The van der Waals surface area contributed by atoms with Gasteiger partial charge in [0.05, 0.1) is 28.6 Å². The van der Waals surface area contributed by atoms with Crippen LogP contribution in [0.3, 0.4) is 0 Å². The number of alkyl halides is 1. The third-order valence-electron chi connectivity index (χ3n) is 3.18. The van der Waals surface area contributed by atoms with E-state index in [1.54, 1.807) is 4.68 Å². The third kappa shape index (κ3) is 2.41. The zero-order chi connectivity index (χ0) is 14.3. The molecule has 104 valence electrons. The van der Waals surface area contributed by atoms with Crippen LogP contribution in [0, 0.1) is 0 Å². The van der Waals surface area contributed by atoms with Crippen molar-refractivity contribution in [3.05, 3.63) is 47.0 Å². The second-order valence-electron chi connectivity index (χ2n) is 4.79. The minimum absolute atomic E-state index is 0.176. The SMILES string of the molecule is CC(Cl)c1nc2ccc(Cl)cc2n1Cc1ccn(C)n1. The van der Waals surface area contributed by atoms with Crippen LogP contribution in [0.2, 0.25) is 5.02 Å². The van der Waals surface area contributed by atoms with Gasteiger partial charge in [0, 0.05) is 18.3 Å². The highest BCUT2D eigenvalue weighted by Gasteiger charge is 2.16. The molecule has 3 rings (SSSR count). The smallest absolute Gasteiger partial charge is 0.128 e. The quantitative estimate of drug-likeness (QED) is 0.690. The van der Waals surface area contributed by atoms with Gasteiger partial charge in [-0.15, -0.1) is 11.6 Å². The Balaban J connectivity index is 2.15. The predicted molar refractivity (Wildman–Crippen MR) is 81.3 cm³/mol. The molecule has 0 aliphatic rings. The number of fused-ring (bicyclic) bond motifs is 1. The molecule has 4 nitrogen and oxygen atoms in total. The summed E-state index contributed by atoms with van der Waals surface area (Å²) in [4.78, 5) is 4.59. The highest BCUT2D eigenvalue weighted by atomic mass is 35.5. The highest BCUT2D eigenvalue weighted by molar-refractivity contribution is 6.31. The van der Waals surface area contributed by atoms with Crippen LogP contribution in [0.1, 0.15) is 23.8 Å². The van der Waals surface area contributed by atoms with Gasteiger partial charge in [0.15, 0.2) is 0 Å². The molecule has 0 amide bonds. The Hall–Kier alpha value is -1.52. The van der Waals surface area contributed by atoms with Gasteiger partial charge in [0.2, 0.25) is 0 Å². The Bertz CT molecular complexity index is 758. The molecule has 1 aromatic carbocycles. The fourth-order valence-electron chi connectivity index (χ4n) is 2.29. The topological polar surface area (TPSA) is 35.6 Å². The average Bonchev–Trinajstić information content (AvgIpc) is 2.95. The van der Waals surface area contributed by atoms with E-state index < -0.39 is 0 Å². The summed E-state index contributed by atoms with van der Waals surface area (Å²) >= 11 is 12.3. The van der Waals surface area contributed by atoms with Crippen molar-refractivity contribution >= 4 is 34.2 Å². The lowest BCUT2D eigenvalue weighted by Gasteiger charge is -2.09. The number of aromatic nitrogens is 4. The Morgan fingerprint density at radius 2 is 2.10 bits per heavy atom. The van der Waals surface area contributed by atoms with Crippen molar-refractivity contribution in [3.8, 4) is 0 Å². The van der Waals surface area contributed by atoms with Crippen LogP contribution in [0.25, 0.3) is 11.0 Å². The molecular formula is C14H14Cl2N4. The van der Waals surface area contributed by atoms with Crippen molar-refractivity contribution in [1.82, 2.24) is 19.3 Å². The molecule has 0 fully saturated rings. The Labute approximate surface area is 126 Å². The number of aryl methyl sites for hydroxylation is 1. The van der Waals surface area contributed by atoms with Crippen LogP contribution in [-0.2, 0) is 13.6 Å². The minimum Gasteiger partial charge on any atom is -0.321 e. The van der Waals surface area contributed by atoms with Crippen molar-refractivity contribution in [1.29, 1.82) is 0 Å². The average molecular weight is 309 g/mol. The number of hydrogen-bond acceptors (Lipinski definition) is 2. The first-order valence-electron chi connectivity index (χ1n) is 6.33. The molecular weight excluding hydrogens is 295 g/mol. The number of halogens is 2. The maximum atomic E-state index is 6.25. The summed E-state index contributed by atoms with van der Waals surface area (Å²) in [5.41, 5.74) is 2.84. The lowest BCUT2D eigenvalue weighted by atomic mass is 10.3. The molecule has 2 heterocycles. The molecule has 0 radical (unpaired) electrons. The van der Waals surface area contributed by atoms with Crippen LogP contribution in [0.5, 0.6) is 0 Å².